The molecule has 30 heavy (non-hydrogen) atoms. The second-order valence-corrected chi connectivity index (χ2v) is 8.77. The molecule has 8 heteroatoms. The minimum Gasteiger partial charge on any atom is -0.337 e. The topological polar surface area (TPSA) is 66.7 Å². The van der Waals surface area contributed by atoms with Gasteiger partial charge in [-0.1, -0.05) is 48.3 Å². The summed E-state index contributed by atoms with van der Waals surface area (Å²) in [5.41, 5.74) is 1.56. The molecule has 2 aromatic carbocycles. The molecule has 0 unspecified atom stereocenters. The van der Waals surface area contributed by atoms with Crippen LogP contribution in [-0.2, 0) is 11.2 Å². The summed E-state index contributed by atoms with van der Waals surface area (Å²) in [6.45, 7) is 4.76. The number of likely N-dealkylation sites (N-methyl/N-ethyl adjacent to an activating group) is 1. The van der Waals surface area contributed by atoms with Gasteiger partial charge < -0.3 is 9.80 Å². The van der Waals surface area contributed by atoms with E-state index < -0.39 is 4.92 Å². The summed E-state index contributed by atoms with van der Waals surface area (Å²) in [5, 5.41) is 12.1. The Labute approximate surface area is 186 Å². The van der Waals surface area contributed by atoms with Gasteiger partial charge in [0.2, 0.25) is 5.91 Å². The number of halogens is 2. The van der Waals surface area contributed by atoms with Crippen LogP contribution in [0.4, 0.5) is 5.69 Å². The maximum Gasteiger partial charge on any atom is 0.269 e. The molecule has 0 N–H and O–H groups in total. The lowest BCUT2D eigenvalue weighted by Gasteiger charge is -2.32. The number of hydrogen-bond donors (Lipinski definition) is 0. The van der Waals surface area contributed by atoms with Crippen molar-refractivity contribution in [2.45, 2.75) is 25.8 Å². The number of likely N-dealkylation sites (tertiary alicyclic amines) is 1. The quantitative estimate of drug-likeness (QED) is 0.441. The fourth-order valence-corrected chi connectivity index (χ4v) is 4.18. The normalized spacial score (nSPS) is 17.7. The highest BCUT2D eigenvalue weighted by Gasteiger charge is 2.28. The molecule has 0 spiro atoms. The Kier molecular flexibility index (Phi) is 7.34. The van der Waals surface area contributed by atoms with E-state index in [9.17, 15) is 14.9 Å². The number of nitro benzene ring substituents is 1. The monoisotopic (exact) mass is 449 g/mol. The van der Waals surface area contributed by atoms with Crippen LogP contribution in [0.25, 0.3) is 0 Å². The van der Waals surface area contributed by atoms with Gasteiger partial charge in [0.1, 0.15) is 0 Å². The van der Waals surface area contributed by atoms with Gasteiger partial charge in [-0.25, -0.2) is 0 Å². The molecular formula is C22H25Cl2N3O3. The van der Waals surface area contributed by atoms with Gasteiger partial charge in [0.15, 0.2) is 0 Å². The van der Waals surface area contributed by atoms with Crippen LogP contribution in [-0.4, -0.2) is 47.3 Å². The van der Waals surface area contributed by atoms with Crippen molar-refractivity contribution in [3.05, 3.63) is 73.8 Å². The minimum atomic E-state index is -0.407. The molecule has 0 bridgehead atoms. The molecule has 0 radical (unpaired) electrons. The third-order valence-corrected chi connectivity index (χ3v) is 6.34. The first-order valence-electron chi connectivity index (χ1n) is 9.91. The minimum absolute atomic E-state index is 0.0256. The molecule has 2 aromatic rings. The molecule has 0 aromatic heterocycles. The average molecular weight is 450 g/mol. The molecule has 0 aliphatic carbocycles. The van der Waals surface area contributed by atoms with Crippen LogP contribution in [0.5, 0.6) is 0 Å². The van der Waals surface area contributed by atoms with Crippen molar-refractivity contribution in [2.75, 3.05) is 26.7 Å². The van der Waals surface area contributed by atoms with E-state index in [0.29, 0.717) is 22.5 Å². The molecule has 1 amide bonds. The molecule has 0 saturated carbocycles. The Hall–Kier alpha value is -2.15. The van der Waals surface area contributed by atoms with Crippen molar-refractivity contribution in [2.24, 2.45) is 5.92 Å². The first-order valence-corrected chi connectivity index (χ1v) is 10.7. The van der Waals surface area contributed by atoms with Gasteiger partial charge in [-0.15, -0.1) is 0 Å². The van der Waals surface area contributed by atoms with Crippen LogP contribution in [0, 0.1) is 16.0 Å². The predicted molar refractivity (Wildman–Crippen MR) is 119 cm³/mol. The molecular weight excluding hydrogens is 425 g/mol. The number of amides is 1. The van der Waals surface area contributed by atoms with Crippen LogP contribution in [0.2, 0.25) is 10.0 Å². The fourth-order valence-electron chi connectivity index (χ4n) is 3.86. The van der Waals surface area contributed by atoms with E-state index in [-0.39, 0.29) is 24.1 Å². The van der Waals surface area contributed by atoms with Crippen molar-refractivity contribution in [1.29, 1.82) is 0 Å². The van der Waals surface area contributed by atoms with Gasteiger partial charge in [-0.2, -0.15) is 0 Å². The first-order chi connectivity index (χ1) is 14.2. The van der Waals surface area contributed by atoms with Gasteiger partial charge in [0.05, 0.1) is 27.4 Å². The molecule has 1 heterocycles. The highest BCUT2D eigenvalue weighted by Crippen LogP contribution is 2.28. The van der Waals surface area contributed by atoms with Crippen molar-refractivity contribution in [3.63, 3.8) is 0 Å². The van der Waals surface area contributed by atoms with Crippen molar-refractivity contribution < 1.29 is 9.72 Å². The van der Waals surface area contributed by atoms with E-state index in [1.54, 1.807) is 42.3 Å². The zero-order chi connectivity index (χ0) is 21.8. The highest BCUT2D eigenvalue weighted by molar-refractivity contribution is 6.42. The van der Waals surface area contributed by atoms with Crippen LogP contribution < -0.4 is 0 Å². The average Bonchev–Trinajstić information content (AvgIpc) is 3.13. The lowest BCUT2D eigenvalue weighted by molar-refractivity contribution is -0.385. The molecule has 1 aliphatic rings. The predicted octanol–water partition coefficient (Wildman–Crippen LogP) is 4.99. The highest BCUT2D eigenvalue weighted by atomic mass is 35.5. The Balaban J connectivity index is 1.84. The molecule has 160 valence electrons. The molecule has 1 fully saturated rings. The van der Waals surface area contributed by atoms with Gasteiger partial charge >= 0.3 is 0 Å². The van der Waals surface area contributed by atoms with Crippen LogP contribution >= 0.6 is 23.2 Å². The summed E-state index contributed by atoms with van der Waals surface area (Å²) in [5.74, 6) is 0.519. The second kappa shape index (κ2) is 9.77. The second-order valence-electron chi connectivity index (χ2n) is 7.95. The standard InChI is InChI=1S/C22H25Cl2N3O3/c1-15-8-9-26(13-15)14-21(17-4-3-5-18(12-17)27(29)30)25(2)22(28)11-16-6-7-19(23)20(24)10-16/h3-7,10,12,15,21H,8-9,11,13-14H2,1-2H3/t15-,21+/m0/s1. The number of carbonyl (C=O) groups excluding carboxylic acids is 1. The number of carbonyl (C=O) groups is 1. The SMILES string of the molecule is C[C@H]1CCN(C[C@H](c2cccc([N+](=O)[O-])c2)N(C)C(=O)Cc2ccc(Cl)c(Cl)c2)C1. The van der Waals surface area contributed by atoms with Gasteiger partial charge in [0, 0.05) is 32.3 Å². The number of nitro groups is 1. The molecule has 1 saturated heterocycles. The summed E-state index contributed by atoms with van der Waals surface area (Å²) in [6, 6.07) is 11.4. The van der Waals surface area contributed by atoms with E-state index >= 15 is 0 Å². The third-order valence-electron chi connectivity index (χ3n) is 5.61. The largest absolute Gasteiger partial charge is 0.337 e. The van der Waals surface area contributed by atoms with Crippen molar-refractivity contribution in [3.8, 4) is 0 Å². The van der Waals surface area contributed by atoms with Crippen LogP contribution in [0.3, 0.4) is 0 Å². The Morgan fingerprint density at radius 3 is 2.67 bits per heavy atom. The Morgan fingerprint density at radius 2 is 2.03 bits per heavy atom. The lowest BCUT2D eigenvalue weighted by Crippen LogP contribution is -2.39. The number of benzene rings is 2. The first kappa shape index (κ1) is 22.5. The maximum absolute atomic E-state index is 13.1. The van der Waals surface area contributed by atoms with Crippen LogP contribution in [0.15, 0.2) is 42.5 Å². The van der Waals surface area contributed by atoms with Crippen molar-refractivity contribution in [1.82, 2.24) is 9.80 Å². The third kappa shape index (κ3) is 5.50. The number of rotatable bonds is 7. The maximum atomic E-state index is 13.1. The zero-order valence-corrected chi connectivity index (χ0v) is 18.6. The van der Waals surface area contributed by atoms with Gasteiger partial charge in [-0.05, 0) is 42.1 Å². The molecule has 1 aliphatic heterocycles. The van der Waals surface area contributed by atoms with E-state index in [1.807, 2.05) is 6.07 Å². The smallest absolute Gasteiger partial charge is 0.269 e. The summed E-state index contributed by atoms with van der Waals surface area (Å²) in [7, 11) is 1.75. The number of non-ortho nitro benzene ring substituents is 1. The zero-order valence-electron chi connectivity index (χ0n) is 17.1. The molecule has 6 nitrogen and oxygen atoms in total. The van der Waals surface area contributed by atoms with E-state index in [0.717, 1.165) is 30.6 Å². The van der Waals surface area contributed by atoms with E-state index in [4.69, 9.17) is 23.2 Å². The number of nitrogens with zero attached hydrogens (tertiary/aromatic N) is 3. The van der Waals surface area contributed by atoms with Gasteiger partial charge in [-0.3, -0.25) is 14.9 Å². The molecule has 3 rings (SSSR count). The summed E-state index contributed by atoms with van der Waals surface area (Å²) in [4.78, 5) is 27.9. The summed E-state index contributed by atoms with van der Waals surface area (Å²) >= 11 is 12.1. The van der Waals surface area contributed by atoms with E-state index in [2.05, 4.69) is 11.8 Å². The van der Waals surface area contributed by atoms with Gasteiger partial charge in [0.25, 0.3) is 5.69 Å². The number of hydrogen-bond acceptors (Lipinski definition) is 4. The Bertz CT molecular complexity index is 938. The van der Waals surface area contributed by atoms with Crippen LogP contribution in [0.1, 0.15) is 30.5 Å². The Morgan fingerprint density at radius 1 is 1.27 bits per heavy atom. The lowest BCUT2D eigenvalue weighted by atomic mass is 10.0. The van der Waals surface area contributed by atoms with Crippen molar-refractivity contribution >= 4 is 34.8 Å². The fraction of sp³-hybridized carbons (Fsp3) is 0.409. The van der Waals surface area contributed by atoms with E-state index in [1.165, 1.54) is 6.07 Å². The summed E-state index contributed by atoms with van der Waals surface area (Å²) < 4.78 is 0. The summed E-state index contributed by atoms with van der Waals surface area (Å²) in [6.07, 6.45) is 1.29. The molecule has 2 atom stereocenters.